The van der Waals surface area contributed by atoms with Gasteiger partial charge in [-0.3, -0.25) is 0 Å². The Morgan fingerprint density at radius 2 is 2.00 bits per heavy atom. The summed E-state index contributed by atoms with van der Waals surface area (Å²) in [4.78, 5) is 0. The first kappa shape index (κ1) is 7.81. The van der Waals surface area contributed by atoms with Crippen LogP contribution in [0.15, 0.2) is 24.3 Å². The van der Waals surface area contributed by atoms with Gasteiger partial charge in [0.25, 0.3) is 0 Å². The lowest BCUT2D eigenvalue weighted by Crippen LogP contribution is -2.01. The van der Waals surface area contributed by atoms with E-state index in [1.54, 1.807) is 0 Å². The molecular weight excluding hydrogens is 146 g/mol. The van der Waals surface area contributed by atoms with E-state index in [2.05, 4.69) is 31.2 Å². The van der Waals surface area contributed by atoms with Crippen LogP contribution in [-0.2, 0) is 0 Å². The molecule has 64 valence electrons. The lowest BCUT2D eigenvalue weighted by atomic mass is 10.1. The highest BCUT2D eigenvalue weighted by Crippen LogP contribution is 2.46. The fourth-order valence-electron chi connectivity index (χ4n) is 1.73. The molecule has 0 radical (unpaired) electrons. The Morgan fingerprint density at radius 3 is 2.50 bits per heavy atom. The van der Waals surface area contributed by atoms with Crippen LogP contribution in [0.1, 0.15) is 23.5 Å². The van der Waals surface area contributed by atoms with Gasteiger partial charge in [0.1, 0.15) is 0 Å². The molecule has 0 aliphatic heterocycles. The highest BCUT2D eigenvalue weighted by molar-refractivity contribution is 5.28. The van der Waals surface area contributed by atoms with Crippen LogP contribution in [0.2, 0.25) is 0 Å². The van der Waals surface area contributed by atoms with Crippen LogP contribution >= 0.6 is 0 Å². The van der Waals surface area contributed by atoms with E-state index < -0.39 is 0 Å². The van der Waals surface area contributed by atoms with Crippen molar-refractivity contribution in [2.75, 3.05) is 6.54 Å². The maximum absolute atomic E-state index is 5.59. The molecule has 2 atom stereocenters. The van der Waals surface area contributed by atoms with Crippen LogP contribution in [0.3, 0.4) is 0 Å². The first-order valence-electron chi connectivity index (χ1n) is 4.58. The van der Waals surface area contributed by atoms with E-state index in [1.165, 1.54) is 17.5 Å². The molecule has 0 spiro atoms. The maximum atomic E-state index is 5.59. The SMILES string of the molecule is Cc1ccc([C@@H]2C[C@H]2CN)cc1. The Morgan fingerprint density at radius 1 is 1.33 bits per heavy atom. The van der Waals surface area contributed by atoms with E-state index in [1.807, 2.05) is 0 Å². The third-order valence-electron chi connectivity index (χ3n) is 2.73. The number of hydrogen-bond donors (Lipinski definition) is 1. The third-order valence-corrected chi connectivity index (χ3v) is 2.73. The molecule has 0 saturated heterocycles. The van der Waals surface area contributed by atoms with Crippen molar-refractivity contribution < 1.29 is 0 Å². The molecule has 1 aromatic carbocycles. The van der Waals surface area contributed by atoms with Gasteiger partial charge in [0.05, 0.1) is 0 Å². The smallest absolute Gasteiger partial charge is 0.00428 e. The highest BCUT2D eigenvalue weighted by Gasteiger charge is 2.36. The average molecular weight is 161 g/mol. The number of nitrogens with two attached hydrogens (primary N) is 1. The molecule has 12 heavy (non-hydrogen) atoms. The minimum Gasteiger partial charge on any atom is -0.330 e. The molecule has 1 heteroatoms. The van der Waals surface area contributed by atoms with E-state index in [4.69, 9.17) is 5.73 Å². The summed E-state index contributed by atoms with van der Waals surface area (Å²) in [6, 6.07) is 8.83. The van der Waals surface area contributed by atoms with Crippen molar-refractivity contribution >= 4 is 0 Å². The molecule has 1 aliphatic carbocycles. The second-order valence-corrected chi connectivity index (χ2v) is 3.75. The van der Waals surface area contributed by atoms with Gasteiger partial charge in [0, 0.05) is 0 Å². The first-order chi connectivity index (χ1) is 5.81. The summed E-state index contributed by atoms with van der Waals surface area (Å²) in [6.45, 7) is 2.97. The van der Waals surface area contributed by atoms with Crippen molar-refractivity contribution in [2.24, 2.45) is 11.7 Å². The van der Waals surface area contributed by atoms with Crippen molar-refractivity contribution in [1.29, 1.82) is 0 Å². The molecule has 0 bridgehead atoms. The summed E-state index contributed by atoms with van der Waals surface area (Å²) in [6.07, 6.45) is 1.29. The second kappa shape index (κ2) is 2.91. The molecule has 1 aliphatic rings. The van der Waals surface area contributed by atoms with Gasteiger partial charge in [0.15, 0.2) is 0 Å². The number of rotatable bonds is 2. The highest BCUT2D eigenvalue weighted by atomic mass is 14.6. The molecule has 1 nitrogen and oxygen atoms in total. The molecule has 1 fully saturated rings. The monoisotopic (exact) mass is 161 g/mol. The fraction of sp³-hybridized carbons (Fsp3) is 0.455. The van der Waals surface area contributed by atoms with E-state index in [0.717, 1.165) is 18.4 Å². The summed E-state index contributed by atoms with van der Waals surface area (Å²) < 4.78 is 0. The van der Waals surface area contributed by atoms with Crippen LogP contribution in [0, 0.1) is 12.8 Å². The molecule has 0 heterocycles. The summed E-state index contributed by atoms with van der Waals surface area (Å²) in [5.74, 6) is 1.52. The number of hydrogen-bond acceptors (Lipinski definition) is 1. The quantitative estimate of drug-likeness (QED) is 0.706. The lowest BCUT2D eigenvalue weighted by Gasteiger charge is -1.99. The third kappa shape index (κ3) is 1.37. The zero-order valence-corrected chi connectivity index (χ0v) is 7.46. The molecule has 0 unspecified atom stereocenters. The molecular formula is C11H15N. The predicted octanol–water partition coefficient (Wildman–Crippen LogP) is 2.06. The van der Waals surface area contributed by atoms with Crippen molar-refractivity contribution in [1.82, 2.24) is 0 Å². The van der Waals surface area contributed by atoms with Crippen molar-refractivity contribution in [3.63, 3.8) is 0 Å². The zero-order valence-electron chi connectivity index (χ0n) is 7.46. The van der Waals surface area contributed by atoms with Gasteiger partial charge in [-0.25, -0.2) is 0 Å². The standard InChI is InChI=1S/C11H15N/c1-8-2-4-9(5-3-8)11-6-10(11)7-12/h2-5,10-11H,6-7,12H2,1H3/t10-,11-/m0/s1. The van der Waals surface area contributed by atoms with E-state index in [9.17, 15) is 0 Å². The van der Waals surface area contributed by atoms with Crippen molar-refractivity contribution in [2.45, 2.75) is 19.3 Å². The normalized spacial score (nSPS) is 27.2. The molecule has 0 aromatic heterocycles. The van der Waals surface area contributed by atoms with E-state index in [0.29, 0.717) is 0 Å². The van der Waals surface area contributed by atoms with E-state index in [-0.39, 0.29) is 0 Å². The zero-order chi connectivity index (χ0) is 8.55. The first-order valence-corrected chi connectivity index (χ1v) is 4.58. The fourth-order valence-corrected chi connectivity index (χ4v) is 1.73. The van der Waals surface area contributed by atoms with Crippen LogP contribution in [0.25, 0.3) is 0 Å². The minimum atomic E-state index is 0.757. The van der Waals surface area contributed by atoms with Crippen LogP contribution in [-0.4, -0.2) is 6.54 Å². The number of benzene rings is 1. The molecule has 2 rings (SSSR count). The minimum absolute atomic E-state index is 0.757. The van der Waals surface area contributed by atoms with Gasteiger partial charge in [0.2, 0.25) is 0 Å². The van der Waals surface area contributed by atoms with Crippen LogP contribution in [0.5, 0.6) is 0 Å². The molecule has 0 amide bonds. The lowest BCUT2D eigenvalue weighted by molar-refractivity contribution is 0.809. The van der Waals surface area contributed by atoms with Gasteiger partial charge in [-0.1, -0.05) is 29.8 Å². The summed E-state index contributed by atoms with van der Waals surface area (Å²) >= 11 is 0. The van der Waals surface area contributed by atoms with Gasteiger partial charge >= 0.3 is 0 Å². The Kier molecular flexibility index (Phi) is 1.89. The topological polar surface area (TPSA) is 26.0 Å². The summed E-state index contributed by atoms with van der Waals surface area (Å²) in [7, 11) is 0. The molecule has 2 N–H and O–H groups in total. The molecule has 1 saturated carbocycles. The van der Waals surface area contributed by atoms with Gasteiger partial charge in [-0.05, 0) is 37.3 Å². The summed E-state index contributed by atoms with van der Waals surface area (Å²) in [5.41, 5.74) is 8.40. The Bertz CT molecular complexity index is 263. The number of aryl methyl sites for hydroxylation is 1. The van der Waals surface area contributed by atoms with E-state index >= 15 is 0 Å². The Labute approximate surface area is 73.6 Å². The second-order valence-electron chi connectivity index (χ2n) is 3.75. The largest absolute Gasteiger partial charge is 0.330 e. The maximum Gasteiger partial charge on any atom is -0.00428 e. The Hall–Kier alpha value is -0.820. The van der Waals surface area contributed by atoms with Gasteiger partial charge < -0.3 is 5.73 Å². The summed E-state index contributed by atoms with van der Waals surface area (Å²) in [5, 5.41) is 0. The Balaban J connectivity index is 2.10. The van der Waals surface area contributed by atoms with Gasteiger partial charge in [-0.15, -0.1) is 0 Å². The van der Waals surface area contributed by atoms with Crippen LogP contribution in [0.4, 0.5) is 0 Å². The average Bonchev–Trinajstić information content (AvgIpc) is 2.85. The van der Waals surface area contributed by atoms with Gasteiger partial charge in [-0.2, -0.15) is 0 Å². The van der Waals surface area contributed by atoms with Crippen molar-refractivity contribution in [3.8, 4) is 0 Å². The molecule has 1 aromatic rings. The van der Waals surface area contributed by atoms with Crippen molar-refractivity contribution in [3.05, 3.63) is 35.4 Å². The predicted molar refractivity (Wildman–Crippen MR) is 51.1 cm³/mol. The van der Waals surface area contributed by atoms with Crippen LogP contribution < -0.4 is 5.73 Å².